The van der Waals surface area contributed by atoms with Crippen LogP contribution in [0.15, 0.2) is 54.6 Å². The van der Waals surface area contributed by atoms with E-state index in [0.29, 0.717) is 36.8 Å². The van der Waals surface area contributed by atoms with Crippen molar-refractivity contribution < 1.29 is 9.90 Å². The van der Waals surface area contributed by atoms with Crippen LogP contribution in [-0.4, -0.2) is 37.2 Å². The van der Waals surface area contributed by atoms with Gasteiger partial charge in [-0.15, -0.1) is 0 Å². The molecule has 1 unspecified atom stereocenters. The molecule has 4 rings (SSSR count). The van der Waals surface area contributed by atoms with Gasteiger partial charge in [-0.25, -0.2) is 4.98 Å². The SMILES string of the molecule is Nc1cccc(C(=O)N2CCn3nc(C(O)c4ccccc4)cc3C2)n1. The number of amides is 1. The van der Waals surface area contributed by atoms with E-state index < -0.39 is 6.10 Å². The van der Waals surface area contributed by atoms with E-state index in [1.165, 1.54) is 0 Å². The molecule has 1 aliphatic heterocycles. The Labute approximate surface area is 150 Å². The largest absolute Gasteiger partial charge is 0.384 e. The van der Waals surface area contributed by atoms with Crippen LogP contribution in [0.25, 0.3) is 0 Å². The van der Waals surface area contributed by atoms with Crippen LogP contribution >= 0.6 is 0 Å². The number of aliphatic hydroxyl groups is 1. The van der Waals surface area contributed by atoms with Crippen molar-refractivity contribution in [2.24, 2.45) is 0 Å². The molecule has 1 atom stereocenters. The highest BCUT2D eigenvalue weighted by Crippen LogP contribution is 2.24. The van der Waals surface area contributed by atoms with Crippen molar-refractivity contribution in [3.05, 3.63) is 77.2 Å². The normalized spacial score (nSPS) is 14.7. The van der Waals surface area contributed by atoms with E-state index in [1.807, 2.05) is 41.1 Å². The molecular weight excluding hydrogens is 330 g/mol. The van der Waals surface area contributed by atoms with Gasteiger partial charge in [0.25, 0.3) is 5.91 Å². The van der Waals surface area contributed by atoms with Gasteiger partial charge in [-0.05, 0) is 23.8 Å². The number of pyridine rings is 1. The van der Waals surface area contributed by atoms with Gasteiger partial charge in [0.15, 0.2) is 0 Å². The maximum Gasteiger partial charge on any atom is 0.272 e. The van der Waals surface area contributed by atoms with Gasteiger partial charge in [0.2, 0.25) is 0 Å². The molecule has 2 aromatic heterocycles. The lowest BCUT2D eigenvalue weighted by atomic mass is 10.1. The Hall–Kier alpha value is -3.19. The van der Waals surface area contributed by atoms with Gasteiger partial charge < -0.3 is 15.7 Å². The minimum Gasteiger partial charge on any atom is -0.384 e. The first-order valence-corrected chi connectivity index (χ1v) is 8.43. The minimum absolute atomic E-state index is 0.157. The average molecular weight is 349 g/mol. The summed E-state index contributed by atoms with van der Waals surface area (Å²) in [6.07, 6.45) is -0.783. The number of rotatable bonds is 3. The third kappa shape index (κ3) is 3.04. The molecule has 0 saturated carbocycles. The number of carbonyl (C=O) groups is 1. The third-order valence-electron chi connectivity index (χ3n) is 4.49. The molecule has 1 aromatic carbocycles. The van der Waals surface area contributed by atoms with Gasteiger partial charge in [0.05, 0.1) is 24.5 Å². The average Bonchev–Trinajstić information content (AvgIpc) is 3.10. The van der Waals surface area contributed by atoms with E-state index in [1.54, 1.807) is 23.1 Å². The number of nitrogens with two attached hydrogens (primary N) is 1. The number of carbonyl (C=O) groups excluding carboxylic acids is 1. The van der Waals surface area contributed by atoms with E-state index in [4.69, 9.17) is 5.73 Å². The molecule has 1 aliphatic rings. The van der Waals surface area contributed by atoms with Crippen LogP contribution in [0.3, 0.4) is 0 Å². The van der Waals surface area contributed by atoms with Crippen molar-refractivity contribution in [3.63, 3.8) is 0 Å². The second-order valence-corrected chi connectivity index (χ2v) is 6.27. The first kappa shape index (κ1) is 16.3. The minimum atomic E-state index is -0.783. The van der Waals surface area contributed by atoms with Gasteiger partial charge >= 0.3 is 0 Å². The zero-order chi connectivity index (χ0) is 18.1. The highest BCUT2D eigenvalue weighted by molar-refractivity contribution is 5.92. The smallest absolute Gasteiger partial charge is 0.272 e. The summed E-state index contributed by atoms with van der Waals surface area (Å²) < 4.78 is 1.85. The van der Waals surface area contributed by atoms with Crippen molar-refractivity contribution >= 4 is 11.7 Å². The number of hydrogen-bond donors (Lipinski definition) is 2. The number of aromatic nitrogens is 3. The summed E-state index contributed by atoms with van der Waals surface area (Å²) >= 11 is 0. The topological polar surface area (TPSA) is 97.3 Å². The number of nitrogen functional groups attached to an aromatic ring is 1. The first-order chi connectivity index (χ1) is 12.6. The molecule has 0 radical (unpaired) electrons. The molecule has 1 amide bonds. The van der Waals surface area contributed by atoms with Crippen LogP contribution < -0.4 is 5.73 Å². The number of anilines is 1. The van der Waals surface area contributed by atoms with Gasteiger partial charge in [0, 0.05) is 6.54 Å². The van der Waals surface area contributed by atoms with Crippen LogP contribution in [-0.2, 0) is 13.1 Å². The fraction of sp³-hybridized carbons (Fsp3) is 0.211. The molecule has 0 aliphatic carbocycles. The summed E-state index contributed by atoms with van der Waals surface area (Å²) in [7, 11) is 0. The van der Waals surface area contributed by atoms with Crippen molar-refractivity contribution in [3.8, 4) is 0 Å². The van der Waals surface area contributed by atoms with Crippen LogP contribution in [0.2, 0.25) is 0 Å². The zero-order valence-corrected chi connectivity index (χ0v) is 14.1. The Bertz CT molecular complexity index is 938. The summed E-state index contributed by atoms with van der Waals surface area (Å²) in [4.78, 5) is 18.5. The summed E-state index contributed by atoms with van der Waals surface area (Å²) in [5.41, 5.74) is 8.27. The molecule has 0 fully saturated rings. The van der Waals surface area contributed by atoms with Crippen LogP contribution in [0.5, 0.6) is 0 Å². The maximum atomic E-state index is 12.7. The van der Waals surface area contributed by atoms with Crippen LogP contribution in [0, 0.1) is 0 Å². The summed E-state index contributed by atoms with van der Waals surface area (Å²) in [5.74, 6) is 0.168. The number of nitrogens with zero attached hydrogens (tertiary/aromatic N) is 4. The van der Waals surface area contributed by atoms with Crippen molar-refractivity contribution in [1.29, 1.82) is 0 Å². The molecule has 0 spiro atoms. The van der Waals surface area contributed by atoms with Gasteiger partial charge in [-0.3, -0.25) is 9.48 Å². The zero-order valence-electron chi connectivity index (χ0n) is 14.1. The molecule has 3 heterocycles. The van der Waals surface area contributed by atoms with Crippen molar-refractivity contribution in [2.75, 3.05) is 12.3 Å². The molecule has 7 nitrogen and oxygen atoms in total. The van der Waals surface area contributed by atoms with Gasteiger partial charge in [-0.1, -0.05) is 36.4 Å². The predicted molar refractivity (Wildman–Crippen MR) is 96.1 cm³/mol. The maximum absolute atomic E-state index is 12.7. The fourth-order valence-electron chi connectivity index (χ4n) is 3.13. The van der Waals surface area contributed by atoms with E-state index in [-0.39, 0.29) is 5.91 Å². The lowest BCUT2D eigenvalue weighted by Crippen LogP contribution is -2.38. The van der Waals surface area contributed by atoms with E-state index in [9.17, 15) is 9.90 Å². The molecular formula is C19H19N5O2. The number of hydrogen-bond acceptors (Lipinski definition) is 5. The van der Waals surface area contributed by atoms with E-state index >= 15 is 0 Å². The molecule has 132 valence electrons. The molecule has 0 bridgehead atoms. The Morgan fingerprint density at radius 2 is 1.92 bits per heavy atom. The quantitative estimate of drug-likeness (QED) is 0.748. The predicted octanol–water partition coefficient (Wildman–Crippen LogP) is 1.60. The number of benzene rings is 1. The Morgan fingerprint density at radius 1 is 1.12 bits per heavy atom. The summed E-state index contributed by atoms with van der Waals surface area (Å²) in [6.45, 7) is 1.53. The molecule has 0 saturated heterocycles. The van der Waals surface area contributed by atoms with E-state index in [0.717, 1.165) is 11.3 Å². The number of aliphatic hydroxyl groups excluding tert-OH is 1. The second kappa shape index (κ2) is 6.61. The molecule has 3 aromatic rings. The van der Waals surface area contributed by atoms with Crippen LogP contribution in [0.1, 0.15) is 33.5 Å². The van der Waals surface area contributed by atoms with Crippen molar-refractivity contribution in [2.45, 2.75) is 19.2 Å². The molecule has 3 N–H and O–H groups in total. The Kier molecular flexibility index (Phi) is 4.14. The van der Waals surface area contributed by atoms with Gasteiger partial charge in [-0.2, -0.15) is 5.10 Å². The van der Waals surface area contributed by atoms with Crippen LogP contribution in [0.4, 0.5) is 5.82 Å². The van der Waals surface area contributed by atoms with E-state index in [2.05, 4.69) is 10.1 Å². The Morgan fingerprint density at radius 3 is 2.69 bits per heavy atom. The third-order valence-corrected chi connectivity index (χ3v) is 4.49. The fourth-order valence-corrected chi connectivity index (χ4v) is 3.13. The summed E-state index contributed by atoms with van der Waals surface area (Å²) in [5, 5.41) is 15.0. The second-order valence-electron chi connectivity index (χ2n) is 6.27. The van der Waals surface area contributed by atoms with Gasteiger partial charge in [0.1, 0.15) is 17.6 Å². The molecule has 7 heteroatoms. The lowest BCUT2D eigenvalue weighted by Gasteiger charge is -2.27. The highest BCUT2D eigenvalue weighted by Gasteiger charge is 2.25. The summed E-state index contributed by atoms with van der Waals surface area (Å²) in [6, 6.07) is 16.3. The molecule has 26 heavy (non-hydrogen) atoms. The highest BCUT2D eigenvalue weighted by atomic mass is 16.3. The Balaban J connectivity index is 1.54. The first-order valence-electron chi connectivity index (χ1n) is 8.43. The number of fused-ring (bicyclic) bond motifs is 1. The standard InChI is InChI=1S/C19H19N5O2/c20-17-8-4-7-15(21-17)19(26)23-9-10-24-14(12-23)11-16(22-24)18(25)13-5-2-1-3-6-13/h1-8,11,18,25H,9-10,12H2,(H2,20,21). The van der Waals surface area contributed by atoms with Crippen molar-refractivity contribution in [1.82, 2.24) is 19.7 Å². The lowest BCUT2D eigenvalue weighted by molar-refractivity contribution is 0.0700. The monoisotopic (exact) mass is 349 g/mol.